The van der Waals surface area contributed by atoms with Crippen LogP contribution in [0.2, 0.25) is 0 Å². The van der Waals surface area contributed by atoms with E-state index in [0.717, 1.165) is 25.6 Å². The van der Waals surface area contributed by atoms with Gasteiger partial charge < -0.3 is 15.4 Å². The monoisotopic (exact) mass is 198 g/mol. The minimum atomic E-state index is 0.530. The summed E-state index contributed by atoms with van der Waals surface area (Å²) in [6.07, 6.45) is 5.69. The molecular formula is C11H22N2O. The Morgan fingerprint density at radius 3 is 2.43 bits per heavy atom. The van der Waals surface area contributed by atoms with Crippen molar-refractivity contribution in [3.05, 3.63) is 0 Å². The number of ether oxygens (including phenoxy) is 1. The zero-order chi connectivity index (χ0) is 9.80. The predicted molar refractivity (Wildman–Crippen MR) is 57.4 cm³/mol. The summed E-state index contributed by atoms with van der Waals surface area (Å²) in [6, 6.07) is 0.710. The lowest BCUT2D eigenvalue weighted by molar-refractivity contribution is 0.0493. The summed E-state index contributed by atoms with van der Waals surface area (Å²) in [7, 11) is 1.84. The molecule has 2 N–H and O–H groups in total. The maximum atomic E-state index is 5.39. The fourth-order valence-corrected chi connectivity index (χ4v) is 2.74. The Hall–Kier alpha value is -0.120. The number of nitrogens with one attached hydrogen (secondary N) is 2. The third-order valence-electron chi connectivity index (χ3n) is 3.69. The van der Waals surface area contributed by atoms with Gasteiger partial charge in [0.05, 0.1) is 6.10 Å². The minimum Gasteiger partial charge on any atom is -0.381 e. The first-order chi connectivity index (χ1) is 6.90. The Morgan fingerprint density at radius 1 is 1.07 bits per heavy atom. The van der Waals surface area contributed by atoms with Crippen molar-refractivity contribution in [1.82, 2.24) is 10.6 Å². The second-order valence-electron chi connectivity index (χ2n) is 4.54. The van der Waals surface area contributed by atoms with Crippen molar-refractivity contribution in [2.45, 2.75) is 37.8 Å². The van der Waals surface area contributed by atoms with Crippen molar-refractivity contribution in [2.75, 3.05) is 26.7 Å². The Morgan fingerprint density at radius 2 is 1.86 bits per heavy atom. The fraction of sp³-hybridized carbons (Fsp3) is 1.00. The van der Waals surface area contributed by atoms with E-state index < -0.39 is 0 Å². The Kier molecular flexibility index (Phi) is 3.79. The first-order valence-electron chi connectivity index (χ1n) is 5.87. The standard InChI is InChI=1S/C11H22N2O/c1-14-10-4-2-9(3-5-10)11-8-12-6-7-13-11/h9-13H,2-8H2,1H3. The highest BCUT2D eigenvalue weighted by molar-refractivity contribution is 4.85. The third-order valence-corrected chi connectivity index (χ3v) is 3.69. The van der Waals surface area contributed by atoms with E-state index in [-0.39, 0.29) is 0 Å². The molecule has 3 heteroatoms. The van der Waals surface area contributed by atoms with Gasteiger partial charge in [0.15, 0.2) is 0 Å². The second-order valence-corrected chi connectivity index (χ2v) is 4.54. The molecule has 2 aliphatic rings. The van der Waals surface area contributed by atoms with Gasteiger partial charge in [-0.2, -0.15) is 0 Å². The van der Waals surface area contributed by atoms with Crippen LogP contribution in [0.3, 0.4) is 0 Å². The average molecular weight is 198 g/mol. The van der Waals surface area contributed by atoms with Crippen LogP contribution in [0.4, 0.5) is 0 Å². The maximum absolute atomic E-state index is 5.39. The molecule has 1 saturated heterocycles. The number of hydrogen-bond donors (Lipinski definition) is 2. The van der Waals surface area contributed by atoms with Gasteiger partial charge in [0.25, 0.3) is 0 Å². The van der Waals surface area contributed by atoms with Gasteiger partial charge in [-0.1, -0.05) is 0 Å². The number of hydrogen-bond acceptors (Lipinski definition) is 3. The summed E-state index contributed by atoms with van der Waals surface area (Å²) < 4.78 is 5.39. The van der Waals surface area contributed by atoms with Gasteiger partial charge in [-0.3, -0.25) is 0 Å². The van der Waals surface area contributed by atoms with E-state index >= 15 is 0 Å². The Labute approximate surface area is 86.6 Å². The molecule has 0 aromatic carbocycles. The summed E-state index contributed by atoms with van der Waals surface area (Å²) >= 11 is 0. The van der Waals surface area contributed by atoms with Gasteiger partial charge in [0.1, 0.15) is 0 Å². The number of methoxy groups -OCH3 is 1. The highest BCUT2D eigenvalue weighted by atomic mass is 16.5. The van der Waals surface area contributed by atoms with Crippen molar-refractivity contribution >= 4 is 0 Å². The van der Waals surface area contributed by atoms with E-state index in [4.69, 9.17) is 4.74 Å². The first-order valence-corrected chi connectivity index (χ1v) is 5.87. The SMILES string of the molecule is COC1CCC(C2CNCCN2)CC1. The van der Waals surface area contributed by atoms with E-state index in [2.05, 4.69) is 10.6 Å². The molecule has 1 aliphatic carbocycles. The Balaban J connectivity index is 1.76. The molecule has 0 aromatic rings. The summed E-state index contributed by atoms with van der Waals surface area (Å²) in [5, 5.41) is 7.08. The highest BCUT2D eigenvalue weighted by Gasteiger charge is 2.27. The van der Waals surface area contributed by atoms with Crippen molar-refractivity contribution in [2.24, 2.45) is 5.92 Å². The van der Waals surface area contributed by atoms with Gasteiger partial charge in [-0.05, 0) is 31.6 Å². The quantitative estimate of drug-likeness (QED) is 0.687. The van der Waals surface area contributed by atoms with Crippen LogP contribution < -0.4 is 10.6 Å². The fourth-order valence-electron chi connectivity index (χ4n) is 2.74. The molecule has 0 bridgehead atoms. The topological polar surface area (TPSA) is 33.3 Å². The molecule has 82 valence electrons. The molecule has 14 heavy (non-hydrogen) atoms. The lowest BCUT2D eigenvalue weighted by Gasteiger charge is -2.36. The van der Waals surface area contributed by atoms with Gasteiger partial charge in [0, 0.05) is 32.8 Å². The molecule has 0 spiro atoms. The van der Waals surface area contributed by atoms with Crippen LogP contribution in [0.1, 0.15) is 25.7 Å². The smallest absolute Gasteiger partial charge is 0.0571 e. The van der Waals surface area contributed by atoms with Gasteiger partial charge in [-0.15, -0.1) is 0 Å². The van der Waals surface area contributed by atoms with Crippen molar-refractivity contribution in [3.8, 4) is 0 Å². The lowest BCUT2D eigenvalue weighted by Crippen LogP contribution is -2.52. The van der Waals surface area contributed by atoms with E-state index in [1.165, 1.54) is 25.7 Å². The van der Waals surface area contributed by atoms with Crippen LogP contribution in [0.15, 0.2) is 0 Å². The van der Waals surface area contributed by atoms with E-state index in [0.29, 0.717) is 12.1 Å². The molecule has 2 rings (SSSR count). The lowest BCUT2D eigenvalue weighted by atomic mass is 9.82. The molecule has 1 aliphatic heterocycles. The maximum Gasteiger partial charge on any atom is 0.0571 e. The molecule has 1 unspecified atom stereocenters. The van der Waals surface area contributed by atoms with Crippen molar-refractivity contribution in [3.63, 3.8) is 0 Å². The molecule has 0 aromatic heterocycles. The van der Waals surface area contributed by atoms with E-state index in [1.807, 2.05) is 7.11 Å². The number of rotatable bonds is 2. The van der Waals surface area contributed by atoms with Crippen LogP contribution >= 0.6 is 0 Å². The zero-order valence-corrected chi connectivity index (χ0v) is 9.09. The predicted octanol–water partition coefficient (Wildman–Crippen LogP) is 0.753. The second kappa shape index (κ2) is 5.10. The summed E-state index contributed by atoms with van der Waals surface area (Å²) in [5.74, 6) is 0.870. The Bertz CT molecular complexity index is 161. The van der Waals surface area contributed by atoms with Gasteiger partial charge in [-0.25, -0.2) is 0 Å². The summed E-state index contributed by atoms with van der Waals surface area (Å²) in [5.41, 5.74) is 0. The highest BCUT2D eigenvalue weighted by Crippen LogP contribution is 2.28. The van der Waals surface area contributed by atoms with Crippen molar-refractivity contribution in [1.29, 1.82) is 0 Å². The molecule has 1 heterocycles. The van der Waals surface area contributed by atoms with Gasteiger partial charge >= 0.3 is 0 Å². The average Bonchev–Trinajstić information content (AvgIpc) is 2.30. The third kappa shape index (κ3) is 2.47. The van der Waals surface area contributed by atoms with Crippen LogP contribution in [0.25, 0.3) is 0 Å². The summed E-state index contributed by atoms with van der Waals surface area (Å²) in [6.45, 7) is 3.42. The molecule has 2 fully saturated rings. The number of piperazine rings is 1. The zero-order valence-electron chi connectivity index (χ0n) is 9.09. The summed E-state index contributed by atoms with van der Waals surface area (Å²) in [4.78, 5) is 0. The normalized spacial score (nSPS) is 39.6. The van der Waals surface area contributed by atoms with Crippen LogP contribution in [0, 0.1) is 5.92 Å². The molecule has 1 saturated carbocycles. The molecule has 0 amide bonds. The van der Waals surface area contributed by atoms with Crippen LogP contribution in [-0.2, 0) is 4.74 Å². The largest absolute Gasteiger partial charge is 0.381 e. The molecule has 1 atom stereocenters. The van der Waals surface area contributed by atoms with E-state index in [9.17, 15) is 0 Å². The van der Waals surface area contributed by atoms with Gasteiger partial charge in [0.2, 0.25) is 0 Å². The molecular weight excluding hydrogens is 176 g/mol. The minimum absolute atomic E-state index is 0.530. The van der Waals surface area contributed by atoms with Crippen LogP contribution in [-0.4, -0.2) is 38.9 Å². The first kappa shape index (κ1) is 10.4. The van der Waals surface area contributed by atoms with Crippen LogP contribution in [0.5, 0.6) is 0 Å². The molecule has 0 radical (unpaired) electrons. The van der Waals surface area contributed by atoms with Crippen molar-refractivity contribution < 1.29 is 4.74 Å². The van der Waals surface area contributed by atoms with E-state index in [1.54, 1.807) is 0 Å². The molecule has 3 nitrogen and oxygen atoms in total.